The normalized spacial score (nSPS) is 11.7. The van der Waals surface area contributed by atoms with Crippen LogP contribution in [-0.4, -0.2) is 0 Å². The van der Waals surface area contributed by atoms with Crippen LogP contribution in [0.25, 0.3) is 76.9 Å². The first-order valence-corrected chi connectivity index (χ1v) is 16.6. The molecule has 0 N–H and O–H groups in total. The van der Waals surface area contributed by atoms with Crippen LogP contribution in [0.4, 0.5) is 17.1 Å². The molecule has 0 saturated heterocycles. The Morgan fingerprint density at radius 2 is 1.00 bits per heavy atom. The van der Waals surface area contributed by atoms with E-state index in [4.69, 9.17) is 8.83 Å². The molecule has 0 bridgehead atoms. The van der Waals surface area contributed by atoms with Crippen LogP contribution < -0.4 is 4.90 Å². The van der Waals surface area contributed by atoms with E-state index in [-0.39, 0.29) is 0 Å². The summed E-state index contributed by atoms with van der Waals surface area (Å²) >= 11 is 0. The third-order valence-electron chi connectivity index (χ3n) is 9.65. The third kappa shape index (κ3) is 4.44. The first-order valence-electron chi connectivity index (χ1n) is 16.6. The monoisotopic (exact) mass is 627 g/mol. The molecule has 2 aromatic heterocycles. The zero-order valence-corrected chi connectivity index (χ0v) is 26.5. The number of furan rings is 2. The average molecular weight is 628 g/mol. The van der Waals surface area contributed by atoms with Crippen molar-refractivity contribution in [2.75, 3.05) is 4.90 Å². The second kappa shape index (κ2) is 11.0. The molecule has 0 aliphatic rings. The summed E-state index contributed by atoms with van der Waals surface area (Å²) in [6.07, 6.45) is 0. The van der Waals surface area contributed by atoms with Gasteiger partial charge in [-0.05, 0) is 70.4 Å². The zero-order valence-electron chi connectivity index (χ0n) is 26.5. The lowest BCUT2D eigenvalue weighted by Crippen LogP contribution is -2.11. The molecular formula is C46H29NO2. The van der Waals surface area contributed by atoms with Gasteiger partial charge in [-0.25, -0.2) is 0 Å². The predicted molar refractivity (Wildman–Crippen MR) is 204 cm³/mol. The molecule has 8 aromatic carbocycles. The van der Waals surface area contributed by atoms with E-state index >= 15 is 0 Å². The van der Waals surface area contributed by atoms with E-state index in [9.17, 15) is 0 Å². The summed E-state index contributed by atoms with van der Waals surface area (Å²) in [5.74, 6) is 0. The van der Waals surface area contributed by atoms with E-state index in [1.54, 1.807) is 0 Å². The number of fused-ring (bicyclic) bond motifs is 7. The molecule has 0 aliphatic carbocycles. The Morgan fingerprint density at radius 3 is 1.88 bits per heavy atom. The minimum absolute atomic E-state index is 0.855. The molecule has 10 aromatic rings. The van der Waals surface area contributed by atoms with E-state index in [0.29, 0.717) is 0 Å². The van der Waals surface area contributed by atoms with E-state index < -0.39 is 0 Å². The molecule has 3 nitrogen and oxygen atoms in total. The maximum atomic E-state index is 6.74. The van der Waals surface area contributed by atoms with Gasteiger partial charge in [0, 0.05) is 33.0 Å². The van der Waals surface area contributed by atoms with Crippen molar-refractivity contribution in [2.24, 2.45) is 0 Å². The fourth-order valence-corrected chi connectivity index (χ4v) is 7.38. The number of nitrogens with zero attached hydrogens (tertiary/aromatic N) is 1. The molecule has 0 radical (unpaired) electrons. The summed E-state index contributed by atoms with van der Waals surface area (Å²) in [7, 11) is 0. The van der Waals surface area contributed by atoms with E-state index in [1.807, 2.05) is 12.1 Å². The number of hydrogen-bond acceptors (Lipinski definition) is 3. The van der Waals surface area contributed by atoms with Gasteiger partial charge in [-0.3, -0.25) is 0 Å². The summed E-state index contributed by atoms with van der Waals surface area (Å²) in [4.78, 5) is 2.37. The molecule has 0 unspecified atom stereocenters. The number of anilines is 3. The average Bonchev–Trinajstić information content (AvgIpc) is 3.73. The van der Waals surface area contributed by atoms with Crippen molar-refractivity contribution >= 4 is 71.7 Å². The van der Waals surface area contributed by atoms with Crippen molar-refractivity contribution in [3.8, 4) is 22.3 Å². The number of benzene rings is 8. The smallest absolute Gasteiger partial charge is 0.143 e. The van der Waals surface area contributed by atoms with Gasteiger partial charge in [-0.15, -0.1) is 0 Å². The Balaban J connectivity index is 1.23. The van der Waals surface area contributed by atoms with Crippen LogP contribution in [0.3, 0.4) is 0 Å². The zero-order chi connectivity index (χ0) is 32.3. The Kier molecular flexibility index (Phi) is 6.18. The van der Waals surface area contributed by atoms with Crippen molar-refractivity contribution in [3.05, 3.63) is 176 Å². The highest BCUT2D eigenvalue weighted by molar-refractivity contribution is 6.16. The van der Waals surface area contributed by atoms with Crippen LogP contribution in [-0.2, 0) is 0 Å². The maximum absolute atomic E-state index is 6.74. The van der Waals surface area contributed by atoms with E-state index in [0.717, 1.165) is 72.1 Å². The first-order chi connectivity index (χ1) is 24.3. The van der Waals surface area contributed by atoms with Gasteiger partial charge in [0.15, 0.2) is 0 Å². The van der Waals surface area contributed by atoms with Crippen molar-refractivity contribution in [2.45, 2.75) is 0 Å². The van der Waals surface area contributed by atoms with Gasteiger partial charge >= 0.3 is 0 Å². The van der Waals surface area contributed by atoms with Crippen LogP contribution in [0.1, 0.15) is 0 Å². The highest BCUT2D eigenvalue weighted by atomic mass is 16.3. The molecule has 230 valence electrons. The van der Waals surface area contributed by atoms with Crippen LogP contribution in [0.2, 0.25) is 0 Å². The molecule has 0 saturated carbocycles. The summed E-state index contributed by atoms with van der Waals surface area (Å²) in [5.41, 5.74) is 11.1. The number of para-hydroxylation sites is 3. The lowest BCUT2D eigenvalue weighted by atomic mass is 9.98. The quantitative estimate of drug-likeness (QED) is 0.190. The minimum Gasteiger partial charge on any atom is -0.456 e. The lowest BCUT2D eigenvalue weighted by molar-refractivity contribution is 0.669. The fraction of sp³-hybridized carbons (Fsp3) is 0. The van der Waals surface area contributed by atoms with Crippen LogP contribution >= 0.6 is 0 Å². The molecule has 49 heavy (non-hydrogen) atoms. The Labute approximate surface area is 282 Å². The van der Waals surface area contributed by atoms with E-state index in [2.05, 4.69) is 169 Å². The third-order valence-corrected chi connectivity index (χ3v) is 9.65. The van der Waals surface area contributed by atoms with Crippen molar-refractivity contribution < 1.29 is 8.83 Å². The largest absolute Gasteiger partial charge is 0.456 e. The first kappa shape index (κ1) is 27.5. The van der Waals surface area contributed by atoms with Gasteiger partial charge in [-0.1, -0.05) is 127 Å². The molecule has 3 heteroatoms. The molecule has 0 aliphatic heterocycles. The van der Waals surface area contributed by atoms with Crippen LogP contribution in [0.15, 0.2) is 185 Å². The fourth-order valence-electron chi connectivity index (χ4n) is 7.38. The summed E-state index contributed by atoms with van der Waals surface area (Å²) < 4.78 is 13.1. The SMILES string of the molecule is c1ccc(-c2ccc(N(c3ccccc3-c3cccc4c3oc3cc5ccccc5cc34)c3cccc4oc5ccccc5c34)cc2)cc1. The van der Waals surface area contributed by atoms with Gasteiger partial charge < -0.3 is 13.7 Å². The standard InChI is InChI=1S/C46H29NO2/c1-2-12-30(13-3-1)31-24-26-34(27-25-31)47(41-21-11-23-43-45(41)38-17-7-9-22-42(38)48-43)40-20-8-6-16-35(40)36-18-10-19-37-39-28-32-14-4-5-15-33(32)29-44(39)49-46(36)37/h1-29H. The summed E-state index contributed by atoms with van der Waals surface area (Å²) in [5, 5.41) is 6.76. The Bertz CT molecular complexity index is 2830. The van der Waals surface area contributed by atoms with Gasteiger partial charge in [-0.2, -0.15) is 0 Å². The van der Waals surface area contributed by atoms with Crippen LogP contribution in [0, 0.1) is 0 Å². The van der Waals surface area contributed by atoms with Crippen molar-refractivity contribution in [1.82, 2.24) is 0 Å². The van der Waals surface area contributed by atoms with Crippen molar-refractivity contribution in [3.63, 3.8) is 0 Å². The topological polar surface area (TPSA) is 29.5 Å². The van der Waals surface area contributed by atoms with Gasteiger partial charge in [0.1, 0.15) is 22.3 Å². The minimum atomic E-state index is 0.855. The predicted octanol–water partition coefficient (Wildman–Crippen LogP) is 13.4. The Hall–Kier alpha value is -6.58. The van der Waals surface area contributed by atoms with Gasteiger partial charge in [0.2, 0.25) is 0 Å². The highest BCUT2D eigenvalue weighted by Crippen LogP contribution is 2.47. The number of hydrogen-bond donors (Lipinski definition) is 0. The highest BCUT2D eigenvalue weighted by Gasteiger charge is 2.23. The molecule has 2 heterocycles. The van der Waals surface area contributed by atoms with E-state index in [1.165, 1.54) is 21.9 Å². The Morgan fingerprint density at radius 1 is 0.367 bits per heavy atom. The molecule has 0 spiro atoms. The summed E-state index contributed by atoms with van der Waals surface area (Å²) in [6.45, 7) is 0. The second-order valence-electron chi connectivity index (χ2n) is 12.5. The van der Waals surface area contributed by atoms with Gasteiger partial charge in [0.05, 0.1) is 16.8 Å². The van der Waals surface area contributed by atoms with Gasteiger partial charge in [0.25, 0.3) is 0 Å². The molecule has 0 atom stereocenters. The summed E-state index contributed by atoms with van der Waals surface area (Å²) in [6, 6.07) is 62.0. The molecule has 0 amide bonds. The molecule has 0 fully saturated rings. The number of rotatable bonds is 5. The molecular weight excluding hydrogens is 599 g/mol. The second-order valence-corrected chi connectivity index (χ2v) is 12.5. The lowest BCUT2D eigenvalue weighted by Gasteiger charge is -2.28. The van der Waals surface area contributed by atoms with Crippen LogP contribution in [0.5, 0.6) is 0 Å². The van der Waals surface area contributed by atoms with Crippen molar-refractivity contribution in [1.29, 1.82) is 0 Å². The molecule has 10 rings (SSSR count). The maximum Gasteiger partial charge on any atom is 0.143 e.